The molecule has 1 N–H and O–H groups in total. The number of amides is 1. The van der Waals surface area contributed by atoms with Crippen molar-refractivity contribution in [2.24, 2.45) is 0 Å². The first-order valence-electron chi connectivity index (χ1n) is 6.57. The second-order valence-corrected chi connectivity index (χ2v) is 5.97. The Morgan fingerprint density at radius 1 is 1.36 bits per heavy atom. The topological polar surface area (TPSA) is 73.6 Å². The first kappa shape index (κ1) is 15.1. The monoisotopic (exact) mass is 340 g/mol. The number of aromatic nitrogens is 1. The first-order valence-corrected chi connectivity index (χ1v) is 7.94. The Kier molecular flexibility index (Phi) is 4.44. The predicted molar refractivity (Wildman–Crippen MR) is 83.0 cm³/mol. The van der Waals surface area contributed by atoms with E-state index >= 15 is 0 Å². The second-order valence-electron chi connectivity index (χ2n) is 4.54. The highest BCUT2D eigenvalue weighted by molar-refractivity contribution is 8.00. The molecule has 8 heteroatoms. The van der Waals surface area contributed by atoms with Crippen LogP contribution in [0.1, 0.15) is 5.76 Å². The molecule has 1 aromatic heterocycles. The van der Waals surface area contributed by atoms with E-state index in [2.05, 4.69) is 10.5 Å². The average molecular weight is 341 g/mol. The molecule has 0 saturated carbocycles. The number of carbonyl (C=O) groups excluding carboxylic acids is 1. The van der Waals surface area contributed by atoms with E-state index < -0.39 is 0 Å². The molecule has 2 aromatic rings. The Labute approximate surface area is 136 Å². The van der Waals surface area contributed by atoms with Crippen molar-refractivity contribution >= 4 is 35.1 Å². The summed E-state index contributed by atoms with van der Waals surface area (Å²) < 4.78 is 15.8. The van der Waals surface area contributed by atoms with Crippen LogP contribution in [0.4, 0.5) is 5.82 Å². The molecule has 0 fully saturated rings. The minimum Gasteiger partial charge on any atom is -0.486 e. The maximum absolute atomic E-state index is 11.9. The molecule has 2 heterocycles. The zero-order chi connectivity index (χ0) is 15.5. The smallest absolute Gasteiger partial charge is 0.236 e. The second kappa shape index (κ2) is 6.50. The highest BCUT2D eigenvalue weighted by atomic mass is 35.5. The zero-order valence-electron chi connectivity index (χ0n) is 11.7. The number of hydrogen-bond acceptors (Lipinski definition) is 6. The van der Waals surface area contributed by atoms with Crippen LogP contribution in [0.25, 0.3) is 0 Å². The Morgan fingerprint density at radius 2 is 2.14 bits per heavy atom. The summed E-state index contributed by atoms with van der Waals surface area (Å²) in [6.07, 6.45) is 0. The minimum atomic E-state index is -0.213. The lowest BCUT2D eigenvalue weighted by Gasteiger charge is -2.18. The van der Waals surface area contributed by atoms with Gasteiger partial charge in [-0.25, -0.2) is 0 Å². The molecular weight excluding hydrogens is 328 g/mol. The van der Waals surface area contributed by atoms with Crippen LogP contribution in [-0.2, 0) is 4.79 Å². The van der Waals surface area contributed by atoms with E-state index in [9.17, 15) is 4.79 Å². The van der Waals surface area contributed by atoms with Crippen LogP contribution in [0.3, 0.4) is 0 Å². The lowest BCUT2D eigenvalue weighted by molar-refractivity contribution is -0.113. The number of fused-ring (bicyclic) bond motifs is 1. The van der Waals surface area contributed by atoms with Gasteiger partial charge in [-0.15, -0.1) is 11.8 Å². The van der Waals surface area contributed by atoms with Crippen LogP contribution in [0, 0.1) is 6.92 Å². The molecule has 3 rings (SSSR count). The molecule has 116 valence electrons. The van der Waals surface area contributed by atoms with Crippen LogP contribution in [0.15, 0.2) is 27.6 Å². The number of anilines is 1. The van der Waals surface area contributed by atoms with Gasteiger partial charge in [-0.2, -0.15) is 0 Å². The van der Waals surface area contributed by atoms with Gasteiger partial charge in [0.25, 0.3) is 0 Å². The van der Waals surface area contributed by atoms with Gasteiger partial charge in [-0.1, -0.05) is 16.8 Å². The van der Waals surface area contributed by atoms with Crippen molar-refractivity contribution in [1.82, 2.24) is 5.16 Å². The largest absolute Gasteiger partial charge is 0.486 e. The maximum atomic E-state index is 11.9. The summed E-state index contributed by atoms with van der Waals surface area (Å²) in [7, 11) is 0. The molecule has 0 radical (unpaired) electrons. The third kappa shape index (κ3) is 3.31. The highest BCUT2D eigenvalue weighted by Crippen LogP contribution is 2.34. The highest BCUT2D eigenvalue weighted by Gasteiger charge is 2.15. The third-order valence-electron chi connectivity index (χ3n) is 2.93. The molecule has 0 aliphatic carbocycles. The van der Waals surface area contributed by atoms with Gasteiger partial charge in [0.05, 0.1) is 5.75 Å². The lowest BCUT2D eigenvalue weighted by Crippen LogP contribution is -2.15. The van der Waals surface area contributed by atoms with Gasteiger partial charge in [0.1, 0.15) is 18.2 Å². The molecule has 0 saturated heterocycles. The van der Waals surface area contributed by atoms with Crippen molar-refractivity contribution in [2.45, 2.75) is 11.8 Å². The number of hydrogen-bond donors (Lipinski definition) is 1. The number of nitrogens with one attached hydrogen (secondary N) is 1. The molecule has 1 aromatic carbocycles. The quantitative estimate of drug-likeness (QED) is 0.862. The standard InChI is InChI=1S/C14H13ClN2O4S/c1-8-13(15)14(17-21-8)16-12(18)7-22-9-2-3-10-11(6-9)20-5-4-19-10/h2-3,6H,4-5,7H2,1H3,(H,16,17,18). The van der Waals surface area contributed by atoms with Gasteiger partial charge < -0.3 is 19.3 Å². The Morgan fingerprint density at radius 3 is 2.86 bits per heavy atom. The molecule has 1 aliphatic heterocycles. The summed E-state index contributed by atoms with van der Waals surface area (Å²) in [5.74, 6) is 2.15. The Bertz CT molecular complexity index is 704. The summed E-state index contributed by atoms with van der Waals surface area (Å²) >= 11 is 7.33. The summed E-state index contributed by atoms with van der Waals surface area (Å²) in [5, 5.41) is 6.61. The molecule has 0 atom stereocenters. The van der Waals surface area contributed by atoms with E-state index in [-0.39, 0.29) is 17.5 Å². The SMILES string of the molecule is Cc1onc(NC(=O)CSc2ccc3c(c2)OCCO3)c1Cl. The summed E-state index contributed by atoms with van der Waals surface area (Å²) in [5.41, 5.74) is 0. The molecule has 1 aliphatic rings. The maximum Gasteiger partial charge on any atom is 0.236 e. The number of rotatable bonds is 4. The molecule has 6 nitrogen and oxygen atoms in total. The van der Waals surface area contributed by atoms with Crippen molar-refractivity contribution in [1.29, 1.82) is 0 Å². The van der Waals surface area contributed by atoms with E-state index in [1.54, 1.807) is 6.92 Å². The third-order valence-corrected chi connectivity index (χ3v) is 4.37. The van der Waals surface area contributed by atoms with Gasteiger partial charge in [0.2, 0.25) is 5.91 Å². The molecule has 22 heavy (non-hydrogen) atoms. The van der Waals surface area contributed by atoms with Crippen molar-refractivity contribution < 1.29 is 18.8 Å². The van der Waals surface area contributed by atoms with Crippen LogP contribution in [-0.4, -0.2) is 30.0 Å². The molecule has 0 spiro atoms. The zero-order valence-corrected chi connectivity index (χ0v) is 13.3. The number of halogens is 1. The summed E-state index contributed by atoms with van der Waals surface area (Å²) in [6.45, 7) is 2.76. The van der Waals surface area contributed by atoms with Crippen LogP contribution in [0.2, 0.25) is 5.02 Å². The van der Waals surface area contributed by atoms with Gasteiger partial charge >= 0.3 is 0 Å². The van der Waals surface area contributed by atoms with Crippen molar-refractivity contribution in [3.63, 3.8) is 0 Å². The van der Waals surface area contributed by atoms with Crippen LogP contribution < -0.4 is 14.8 Å². The van der Waals surface area contributed by atoms with Crippen molar-refractivity contribution in [2.75, 3.05) is 24.3 Å². The van der Waals surface area contributed by atoms with Gasteiger partial charge in [-0.05, 0) is 25.1 Å². The number of carbonyl (C=O) groups is 1. The van der Waals surface area contributed by atoms with Crippen molar-refractivity contribution in [3.05, 3.63) is 29.0 Å². The summed E-state index contributed by atoms with van der Waals surface area (Å²) in [6, 6.07) is 5.59. The fourth-order valence-corrected chi connectivity index (χ4v) is 2.71. The number of nitrogens with zero attached hydrogens (tertiary/aromatic N) is 1. The number of ether oxygens (including phenoxy) is 2. The first-order chi connectivity index (χ1) is 10.6. The molecule has 1 amide bonds. The van der Waals surface area contributed by atoms with E-state index in [1.165, 1.54) is 11.8 Å². The Balaban J connectivity index is 1.58. The summed E-state index contributed by atoms with van der Waals surface area (Å²) in [4.78, 5) is 12.8. The van der Waals surface area contributed by atoms with Crippen LogP contribution >= 0.6 is 23.4 Å². The fourth-order valence-electron chi connectivity index (χ4n) is 1.87. The normalized spacial score (nSPS) is 13.0. The van der Waals surface area contributed by atoms with E-state index in [0.29, 0.717) is 29.7 Å². The Hall–Kier alpha value is -1.86. The van der Waals surface area contributed by atoms with Gasteiger partial charge in [-0.3, -0.25) is 4.79 Å². The molecular formula is C14H13ClN2O4S. The van der Waals surface area contributed by atoms with E-state index in [1.807, 2.05) is 18.2 Å². The van der Waals surface area contributed by atoms with Gasteiger partial charge in [0, 0.05) is 4.90 Å². The number of benzene rings is 1. The number of thioether (sulfide) groups is 1. The van der Waals surface area contributed by atoms with E-state index in [0.717, 1.165) is 10.6 Å². The lowest BCUT2D eigenvalue weighted by atomic mass is 10.3. The van der Waals surface area contributed by atoms with Gasteiger partial charge in [0.15, 0.2) is 23.1 Å². The minimum absolute atomic E-state index is 0.213. The van der Waals surface area contributed by atoms with Crippen molar-refractivity contribution in [3.8, 4) is 11.5 Å². The number of aryl methyl sites for hydroxylation is 1. The average Bonchev–Trinajstić information content (AvgIpc) is 2.85. The predicted octanol–water partition coefficient (Wildman–Crippen LogP) is 3.14. The fraction of sp³-hybridized carbons (Fsp3) is 0.286. The van der Waals surface area contributed by atoms with Crippen LogP contribution in [0.5, 0.6) is 11.5 Å². The van der Waals surface area contributed by atoms with E-state index in [4.69, 9.17) is 25.6 Å². The molecule has 0 bridgehead atoms. The molecule has 0 unspecified atom stereocenters.